The van der Waals surface area contributed by atoms with E-state index < -0.39 is 0 Å². The van der Waals surface area contributed by atoms with Crippen molar-refractivity contribution in [3.8, 4) is 0 Å². The first-order valence-electron chi connectivity index (χ1n) is 8.23. The molecule has 1 aromatic heterocycles. The van der Waals surface area contributed by atoms with Crippen molar-refractivity contribution in [1.82, 2.24) is 14.7 Å². The van der Waals surface area contributed by atoms with Gasteiger partial charge in [0.1, 0.15) is 0 Å². The third-order valence-corrected chi connectivity index (χ3v) is 4.56. The molecule has 118 valence electrons. The molecule has 3 rings (SSSR count). The fraction of sp³-hybridized carbons (Fsp3) is 0.556. The van der Waals surface area contributed by atoms with Crippen LogP contribution >= 0.6 is 0 Å². The molecule has 0 bridgehead atoms. The normalized spacial score (nSPS) is 22.2. The highest BCUT2D eigenvalue weighted by Crippen LogP contribution is 2.22. The van der Waals surface area contributed by atoms with Gasteiger partial charge in [-0.1, -0.05) is 26.0 Å². The molecule has 2 aromatic rings. The van der Waals surface area contributed by atoms with Crippen LogP contribution in [0.25, 0.3) is 10.9 Å². The lowest BCUT2D eigenvalue weighted by Crippen LogP contribution is -2.42. The zero-order chi connectivity index (χ0) is 15.7. The van der Waals surface area contributed by atoms with Gasteiger partial charge in [0.05, 0.1) is 18.3 Å². The predicted octanol–water partition coefficient (Wildman–Crippen LogP) is 3.24. The third-order valence-electron chi connectivity index (χ3n) is 4.56. The minimum atomic E-state index is 0.259. The van der Waals surface area contributed by atoms with E-state index >= 15 is 0 Å². The van der Waals surface area contributed by atoms with Crippen LogP contribution in [-0.4, -0.2) is 33.7 Å². The summed E-state index contributed by atoms with van der Waals surface area (Å²) in [4.78, 5) is 14.5. The van der Waals surface area contributed by atoms with Crippen molar-refractivity contribution in [2.24, 2.45) is 11.8 Å². The third kappa shape index (κ3) is 3.16. The largest absolute Gasteiger partial charge is 0.342 e. The van der Waals surface area contributed by atoms with Gasteiger partial charge < -0.3 is 4.90 Å². The fourth-order valence-corrected chi connectivity index (χ4v) is 3.58. The van der Waals surface area contributed by atoms with Gasteiger partial charge >= 0.3 is 0 Å². The molecule has 22 heavy (non-hydrogen) atoms. The van der Waals surface area contributed by atoms with E-state index in [4.69, 9.17) is 0 Å². The Bertz CT molecular complexity index is 666. The van der Waals surface area contributed by atoms with E-state index in [0.717, 1.165) is 24.0 Å². The molecule has 0 radical (unpaired) electrons. The highest BCUT2D eigenvalue weighted by atomic mass is 16.2. The van der Waals surface area contributed by atoms with E-state index in [-0.39, 0.29) is 5.91 Å². The van der Waals surface area contributed by atoms with E-state index in [1.54, 1.807) is 0 Å². The molecule has 4 heteroatoms. The molecule has 0 unspecified atom stereocenters. The Morgan fingerprint density at radius 2 is 2.00 bits per heavy atom. The number of amides is 1. The molecular weight excluding hydrogens is 274 g/mol. The summed E-state index contributed by atoms with van der Waals surface area (Å²) in [5.74, 6) is 1.48. The second kappa shape index (κ2) is 6.11. The van der Waals surface area contributed by atoms with Crippen LogP contribution in [-0.2, 0) is 11.3 Å². The van der Waals surface area contributed by atoms with Gasteiger partial charge in [0.15, 0.2) is 0 Å². The minimum absolute atomic E-state index is 0.259. The maximum atomic E-state index is 12.5. The lowest BCUT2D eigenvalue weighted by molar-refractivity contribution is -0.134. The molecule has 0 aliphatic carbocycles. The Morgan fingerprint density at radius 3 is 2.73 bits per heavy atom. The van der Waals surface area contributed by atoms with Crippen LogP contribution in [0.5, 0.6) is 0 Å². The molecule has 0 N–H and O–H groups in total. The summed E-state index contributed by atoms with van der Waals surface area (Å²) in [5.41, 5.74) is 2.34. The fourth-order valence-electron chi connectivity index (χ4n) is 3.58. The van der Waals surface area contributed by atoms with Crippen molar-refractivity contribution in [1.29, 1.82) is 0 Å². The zero-order valence-electron chi connectivity index (χ0n) is 13.7. The predicted molar refractivity (Wildman–Crippen MR) is 88.6 cm³/mol. The smallest absolute Gasteiger partial charge is 0.224 e. The zero-order valence-corrected chi connectivity index (χ0v) is 13.7. The molecule has 1 amide bonds. The van der Waals surface area contributed by atoms with Crippen molar-refractivity contribution in [2.45, 2.75) is 40.2 Å². The first kappa shape index (κ1) is 15.1. The molecule has 1 aliphatic rings. The van der Waals surface area contributed by atoms with Crippen LogP contribution in [0.1, 0.15) is 32.3 Å². The summed E-state index contributed by atoms with van der Waals surface area (Å²) < 4.78 is 1.96. The van der Waals surface area contributed by atoms with Crippen LogP contribution in [0, 0.1) is 18.8 Å². The summed E-state index contributed by atoms with van der Waals surface area (Å²) in [5, 5.41) is 5.57. The number of nitrogens with zero attached hydrogens (tertiary/aromatic N) is 3. The Kier molecular flexibility index (Phi) is 4.19. The number of hydrogen-bond donors (Lipinski definition) is 0. The van der Waals surface area contributed by atoms with Gasteiger partial charge in [-0.25, -0.2) is 0 Å². The second-order valence-corrected chi connectivity index (χ2v) is 6.92. The number of aryl methyl sites for hydroxylation is 2. The molecule has 1 saturated heterocycles. The van der Waals surface area contributed by atoms with Gasteiger partial charge in [-0.15, -0.1) is 0 Å². The van der Waals surface area contributed by atoms with Gasteiger partial charge in [-0.05, 0) is 36.8 Å². The van der Waals surface area contributed by atoms with Gasteiger partial charge in [0.25, 0.3) is 0 Å². The number of carbonyl (C=O) groups excluding carboxylic acids is 1. The Morgan fingerprint density at radius 1 is 1.27 bits per heavy atom. The number of likely N-dealkylation sites (tertiary alicyclic amines) is 1. The second-order valence-electron chi connectivity index (χ2n) is 6.92. The standard InChI is InChI=1S/C18H25N3O/c1-13-4-5-16-10-19-21(17(16)9-13)7-6-18(22)20-11-14(2)8-15(3)12-20/h4-5,9-10,14-15H,6-8,11-12H2,1-3H3/t14-,15+. The van der Waals surface area contributed by atoms with Crippen molar-refractivity contribution in [3.05, 3.63) is 30.0 Å². The number of rotatable bonds is 3. The molecule has 0 saturated carbocycles. The van der Waals surface area contributed by atoms with E-state index in [1.165, 1.54) is 12.0 Å². The molecule has 0 spiro atoms. The highest BCUT2D eigenvalue weighted by Gasteiger charge is 2.25. The molecular formula is C18H25N3O. The maximum Gasteiger partial charge on any atom is 0.224 e. The lowest BCUT2D eigenvalue weighted by Gasteiger charge is -2.35. The number of benzene rings is 1. The van der Waals surface area contributed by atoms with Crippen LogP contribution in [0.2, 0.25) is 0 Å². The van der Waals surface area contributed by atoms with Gasteiger partial charge in [0.2, 0.25) is 5.91 Å². The molecule has 1 aliphatic heterocycles. The first-order chi connectivity index (χ1) is 10.5. The van der Waals surface area contributed by atoms with Crippen LogP contribution in [0.4, 0.5) is 0 Å². The SMILES string of the molecule is Cc1ccc2cnn(CCC(=O)N3C[C@H](C)C[C@H](C)C3)c2c1. The lowest BCUT2D eigenvalue weighted by atomic mass is 9.92. The summed E-state index contributed by atoms with van der Waals surface area (Å²) >= 11 is 0. The number of fused-ring (bicyclic) bond motifs is 1. The summed E-state index contributed by atoms with van der Waals surface area (Å²) in [6, 6.07) is 6.32. The average molecular weight is 299 g/mol. The van der Waals surface area contributed by atoms with Crippen molar-refractivity contribution >= 4 is 16.8 Å². The van der Waals surface area contributed by atoms with Crippen LogP contribution < -0.4 is 0 Å². The minimum Gasteiger partial charge on any atom is -0.342 e. The molecule has 4 nitrogen and oxygen atoms in total. The molecule has 2 heterocycles. The molecule has 1 aromatic carbocycles. The van der Waals surface area contributed by atoms with Crippen molar-refractivity contribution < 1.29 is 4.79 Å². The number of piperidine rings is 1. The Balaban J connectivity index is 1.66. The first-order valence-corrected chi connectivity index (χ1v) is 8.23. The van der Waals surface area contributed by atoms with Crippen LogP contribution in [0.15, 0.2) is 24.4 Å². The summed E-state index contributed by atoms with van der Waals surface area (Å²) in [6.07, 6.45) is 3.64. The maximum absolute atomic E-state index is 12.5. The van der Waals surface area contributed by atoms with Gasteiger partial charge in [-0.3, -0.25) is 9.48 Å². The Labute approximate surface area is 132 Å². The quantitative estimate of drug-likeness (QED) is 0.872. The highest BCUT2D eigenvalue weighted by molar-refractivity contribution is 5.80. The monoisotopic (exact) mass is 299 g/mol. The van der Waals surface area contributed by atoms with Crippen molar-refractivity contribution in [2.75, 3.05) is 13.1 Å². The average Bonchev–Trinajstić information content (AvgIpc) is 2.86. The van der Waals surface area contributed by atoms with E-state index in [0.29, 0.717) is 24.8 Å². The number of aromatic nitrogens is 2. The van der Waals surface area contributed by atoms with E-state index in [1.807, 2.05) is 15.8 Å². The van der Waals surface area contributed by atoms with E-state index in [2.05, 4.69) is 44.1 Å². The number of hydrogen-bond acceptors (Lipinski definition) is 2. The van der Waals surface area contributed by atoms with Gasteiger partial charge in [-0.2, -0.15) is 5.10 Å². The topological polar surface area (TPSA) is 38.1 Å². The molecule has 2 atom stereocenters. The summed E-state index contributed by atoms with van der Waals surface area (Å²) in [7, 11) is 0. The van der Waals surface area contributed by atoms with Crippen LogP contribution in [0.3, 0.4) is 0 Å². The number of carbonyl (C=O) groups is 1. The molecule has 1 fully saturated rings. The van der Waals surface area contributed by atoms with E-state index in [9.17, 15) is 4.79 Å². The Hall–Kier alpha value is -1.84. The summed E-state index contributed by atoms with van der Waals surface area (Å²) in [6.45, 7) is 9.02. The van der Waals surface area contributed by atoms with Crippen molar-refractivity contribution in [3.63, 3.8) is 0 Å². The van der Waals surface area contributed by atoms with Gasteiger partial charge in [0, 0.05) is 24.9 Å².